The van der Waals surface area contributed by atoms with E-state index in [1.54, 1.807) is 24.3 Å². The molecule has 2 aliphatic rings. The maximum atomic E-state index is 13.9. The first kappa shape index (κ1) is 22.9. The highest BCUT2D eigenvalue weighted by Gasteiger charge is 2.39. The van der Waals surface area contributed by atoms with Gasteiger partial charge in [-0.3, -0.25) is 4.79 Å². The van der Waals surface area contributed by atoms with Gasteiger partial charge >= 0.3 is 0 Å². The number of para-hydroxylation sites is 1. The number of hydrogen-bond donors (Lipinski definition) is 2. The maximum Gasteiger partial charge on any atom is 0.252 e. The van der Waals surface area contributed by atoms with Gasteiger partial charge < -0.3 is 19.7 Å². The fourth-order valence-electron chi connectivity index (χ4n) is 4.99. The van der Waals surface area contributed by atoms with Crippen molar-refractivity contribution in [2.24, 2.45) is 0 Å². The summed E-state index contributed by atoms with van der Waals surface area (Å²) in [5, 5.41) is 11.5. The molecule has 0 saturated heterocycles. The van der Waals surface area contributed by atoms with Gasteiger partial charge in [-0.15, -0.1) is 0 Å². The molecule has 5 rings (SSSR count). The summed E-state index contributed by atoms with van der Waals surface area (Å²) in [6.45, 7) is 2.99. The molecule has 2 aromatic carbocycles. The molecule has 2 heterocycles. The van der Waals surface area contributed by atoms with Crippen LogP contribution in [-0.2, 0) is 16.6 Å². The van der Waals surface area contributed by atoms with Gasteiger partial charge in [0.25, 0.3) is 5.56 Å². The number of sulfonamides is 1. The number of benzene rings is 2. The third-order valence-electron chi connectivity index (χ3n) is 6.94. The molecule has 1 aromatic heterocycles. The van der Waals surface area contributed by atoms with Crippen molar-refractivity contribution in [1.29, 1.82) is 0 Å². The molecule has 34 heavy (non-hydrogen) atoms. The zero-order valence-corrected chi connectivity index (χ0v) is 20.1. The Hall–Kier alpha value is -2.88. The molecule has 0 amide bonds. The Labute approximate surface area is 198 Å². The first-order chi connectivity index (χ1) is 16.3. The van der Waals surface area contributed by atoms with Gasteiger partial charge in [-0.2, -0.15) is 4.31 Å². The summed E-state index contributed by atoms with van der Waals surface area (Å²) in [6.07, 6.45) is 1.01. The topological polar surface area (TPSA) is 103 Å². The number of aliphatic hydroxyl groups excluding tert-OH is 1. The molecule has 3 aromatic rings. The molecule has 8 nitrogen and oxygen atoms in total. The van der Waals surface area contributed by atoms with E-state index in [1.807, 2.05) is 37.1 Å². The van der Waals surface area contributed by atoms with Gasteiger partial charge in [-0.05, 0) is 55.3 Å². The molecule has 1 fully saturated rings. The number of aryl methyl sites for hydroxylation is 1. The van der Waals surface area contributed by atoms with Crippen molar-refractivity contribution in [3.8, 4) is 5.75 Å². The Balaban J connectivity index is 1.58. The Morgan fingerprint density at radius 1 is 1.21 bits per heavy atom. The molecule has 0 bridgehead atoms. The number of aromatic nitrogens is 1. The van der Waals surface area contributed by atoms with Gasteiger partial charge in [0.15, 0.2) is 0 Å². The summed E-state index contributed by atoms with van der Waals surface area (Å²) in [5.41, 5.74) is 2.52. The Morgan fingerprint density at radius 2 is 2.03 bits per heavy atom. The molecular formula is C25H29N3O5S. The number of aliphatic hydroxyl groups is 1. The lowest BCUT2D eigenvalue weighted by Crippen LogP contribution is -2.44. The standard InChI is InChI=1S/C25H29N3O5S/c1-16-5-3-6-17-13-18(25(30)26-24(16)17)15-28(20-7-4-8-22(20)29)34(31,32)19-9-10-21-23(14-19)33-12-11-27(21)2/h3,5-6,9-10,13-14,20,22,29H,4,7-8,11-12,15H2,1-2H3,(H,26,30)/t20-,22+/m0/s1. The minimum absolute atomic E-state index is 0.0914. The molecule has 1 saturated carbocycles. The highest BCUT2D eigenvalue weighted by atomic mass is 32.2. The monoisotopic (exact) mass is 483 g/mol. The molecule has 1 aliphatic heterocycles. The highest BCUT2D eigenvalue weighted by molar-refractivity contribution is 7.89. The van der Waals surface area contributed by atoms with Crippen molar-refractivity contribution in [3.05, 3.63) is 63.9 Å². The summed E-state index contributed by atoms with van der Waals surface area (Å²) in [5.74, 6) is 0.515. The van der Waals surface area contributed by atoms with Crippen LogP contribution < -0.4 is 15.2 Å². The van der Waals surface area contributed by atoms with E-state index in [4.69, 9.17) is 4.74 Å². The number of anilines is 1. The number of likely N-dealkylation sites (N-methyl/N-ethyl adjacent to an activating group) is 1. The normalized spacial score (nSPS) is 20.5. The van der Waals surface area contributed by atoms with Gasteiger partial charge in [0.2, 0.25) is 10.0 Å². The number of nitrogens with zero attached hydrogens (tertiary/aromatic N) is 2. The van der Waals surface area contributed by atoms with Gasteiger partial charge in [0.1, 0.15) is 12.4 Å². The lowest BCUT2D eigenvalue weighted by atomic mass is 10.1. The minimum Gasteiger partial charge on any atom is -0.490 e. The third-order valence-corrected chi connectivity index (χ3v) is 8.81. The zero-order valence-electron chi connectivity index (χ0n) is 19.3. The molecule has 2 atom stereocenters. The number of ether oxygens (including phenoxy) is 1. The van der Waals surface area contributed by atoms with Crippen LogP contribution in [0.2, 0.25) is 0 Å². The van der Waals surface area contributed by atoms with E-state index in [-0.39, 0.29) is 17.0 Å². The van der Waals surface area contributed by atoms with Crippen LogP contribution in [0, 0.1) is 6.92 Å². The number of hydrogen-bond acceptors (Lipinski definition) is 6. The first-order valence-corrected chi connectivity index (χ1v) is 13.0. The minimum atomic E-state index is -4.02. The lowest BCUT2D eigenvalue weighted by Gasteiger charge is -2.31. The smallest absolute Gasteiger partial charge is 0.252 e. The Bertz CT molecular complexity index is 1400. The molecule has 0 spiro atoms. The largest absolute Gasteiger partial charge is 0.490 e. The predicted octanol–water partition coefficient (Wildman–Crippen LogP) is 2.77. The fraction of sp³-hybridized carbons (Fsp3) is 0.400. The summed E-state index contributed by atoms with van der Waals surface area (Å²) in [4.78, 5) is 18.0. The van der Waals surface area contributed by atoms with Crippen LogP contribution in [-0.4, -0.2) is 55.2 Å². The van der Waals surface area contributed by atoms with Crippen molar-refractivity contribution in [3.63, 3.8) is 0 Å². The quantitative estimate of drug-likeness (QED) is 0.579. The number of nitrogens with one attached hydrogen (secondary N) is 1. The molecule has 180 valence electrons. The fourth-order valence-corrected chi connectivity index (χ4v) is 6.66. The van der Waals surface area contributed by atoms with Crippen LogP contribution in [0.3, 0.4) is 0 Å². The molecule has 9 heteroatoms. The zero-order chi connectivity index (χ0) is 24.0. The van der Waals surface area contributed by atoms with Gasteiger partial charge in [-0.25, -0.2) is 8.42 Å². The Kier molecular flexibility index (Phi) is 5.87. The average Bonchev–Trinajstić information content (AvgIpc) is 3.23. The lowest BCUT2D eigenvalue weighted by molar-refractivity contribution is 0.110. The van der Waals surface area contributed by atoms with E-state index in [9.17, 15) is 18.3 Å². The van der Waals surface area contributed by atoms with E-state index in [0.29, 0.717) is 30.8 Å². The summed E-state index contributed by atoms with van der Waals surface area (Å²) in [6, 6.07) is 11.7. The summed E-state index contributed by atoms with van der Waals surface area (Å²) >= 11 is 0. The van der Waals surface area contributed by atoms with Crippen LogP contribution >= 0.6 is 0 Å². The van der Waals surface area contributed by atoms with Crippen LogP contribution in [0.5, 0.6) is 5.75 Å². The van der Waals surface area contributed by atoms with Crippen LogP contribution in [0.25, 0.3) is 10.9 Å². The first-order valence-electron chi connectivity index (χ1n) is 11.5. The van der Waals surface area contributed by atoms with Gasteiger partial charge in [-0.1, -0.05) is 18.2 Å². The maximum absolute atomic E-state index is 13.9. The number of rotatable bonds is 5. The molecule has 0 radical (unpaired) electrons. The van der Waals surface area contributed by atoms with E-state index >= 15 is 0 Å². The predicted molar refractivity (Wildman–Crippen MR) is 131 cm³/mol. The number of aromatic amines is 1. The molecule has 2 N–H and O–H groups in total. The molecular weight excluding hydrogens is 454 g/mol. The van der Waals surface area contributed by atoms with E-state index in [2.05, 4.69) is 4.98 Å². The van der Waals surface area contributed by atoms with Crippen molar-refractivity contribution in [1.82, 2.24) is 9.29 Å². The van der Waals surface area contributed by atoms with Crippen molar-refractivity contribution in [2.45, 2.75) is 49.8 Å². The second-order valence-corrected chi connectivity index (χ2v) is 11.1. The SMILES string of the molecule is Cc1cccc2cc(CN([C@H]3CCC[C@H]3O)S(=O)(=O)c3ccc4c(c3)OCCN4C)c(=O)[nH]c12. The van der Waals surface area contributed by atoms with Crippen LogP contribution in [0.4, 0.5) is 5.69 Å². The van der Waals surface area contributed by atoms with Crippen molar-refractivity contribution in [2.75, 3.05) is 25.1 Å². The van der Waals surface area contributed by atoms with Crippen molar-refractivity contribution >= 4 is 26.6 Å². The summed E-state index contributed by atoms with van der Waals surface area (Å²) in [7, 11) is -2.09. The van der Waals surface area contributed by atoms with Crippen LogP contribution in [0.15, 0.2) is 52.2 Å². The van der Waals surface area contributed by atoms with E-state index < -0.39 is 22.2 Å². The Morgan fingerprint density at radius 3 is 2.79 bits per heavy atom. The van der Waals surface area contributed by atoms with E-state index in [1.165, 1.54) is 4.31 Å². The number of pyridine rings is 1. The van der Waals surface area contributed by atoms with Gasteiger partial charge in [0, 0.05) is 25.2 Å². The van der Waals surface area contributed by atoms with Crippen LogP contribution in [0.1, 0.15) is 30.4 Å². The molecule has 0 unspecified atom stereocenters. The van der Waals surface area contributed by atoms with Gasteiger partial charge in [0.05, 0.1) is 34.8 Å². The average molecular weight is 484 g/mol. The van der Waals surface area contributed by atoms with Crippen molar-refractivity contribution < 1.29 is 18.3 Å². The molecule has 1 aliphatic carbocycles. The highest BCUT2D eigenvalue weighted by Crippen LogP contribution is 2.36. The van der Waals surface area contributed by atoms with E-state index in [0.717, 1.165) is 35.1 Å². The number of fused-ring (bicyclic) bond motifs is 2. The second-order valence-electron chi connectivity index (χ2n) is 9.18. The second kappa shape index (κ2) is 8.72. The summed E-state index contributed by atoms with van der Waals surface area (Å²) < 4.78 is 34.8. The third kappa shape index (κ3) is 3.97. The number of H-pyrrole nitrogens is 1.